The van der Waals surface area contributed by atoms with E-state index in [2.05, 4.69) is 33.1 Å². The van der Waals surface area contributed by atoms with E-state index in [1.807, 2.05) is 6.07 Å². The molecule has 0 bridgehead atoms. The Bertz CT molecular complexity index is 441. The Hall–Kier alpha value is -1.20. The molecule has 0 unspecified atom stereocenters. The predicted molar refractivity (Wildman–Crippen MR) is 80.9 cm³/mol. The summed E-state index contributed by atoms with van der Waals surface area (Å²) in [4.78, 5) is 11.2. The molecule has 0 aliphatic heterocycles. The molecule has 0 saturated carbocycles. The second kappa shape index (κ2) is 8.82. The molecule has 0 heterocycles. The molecule has 0 aromatic heterocycles. The van der Waals surface area contributed by atoms with Gasteiger partial charge in [0.05, 0.1) is 11.6 Å². The molecule has 0 saturated heterocycles. The van der Waals surface area contributed by atoms with Crippen molar-refractivity contribution in [2.24, 2.45) is 0 Å². The Labute approximate surface area is 126 Å². The highest BCUT2D eigenvalue weighted by Crippen LogP contribution is 2.27. The molecule has 2 amide bonds. The lowest BCUT2D eigenvalue weighted by molar-refractivity contribution is 0.240. The van der Waals surface area contributed by atoms with Gasteiger partial charge in [0.15, 0.2) is 0 Å². The zero-order chi connectivity index (χ0) is 14.1. The molecular formula is C13H16BrClN2O2. The maximum absolute atomic E-state index is 11.2. The molecule has 0 aliphatic rings. The van der Waals surface area contributed by atoms with Crippen LogP contribution in [0.15, 0.2) is 35.3 Å². The van der Waals surface area contributed by atoms with E-state index in [9.17, 15) is 4.79 Å². The van der Waals surface area contributed by atoms with Crippen LogP contribution in [0.25, 0.3) is 0 Å². The minimum Gasteiger partial charge on any atom is -0.492 e. The number of carbonyl (C=O) groups is 1. The molecule has 4 nitrogen and oxygen atoms in total. The molecule has 0 spiro atoms. The van der Waals surface area contributed by atoms with Gasteiger partial charge < -0.3 is 15.4 Å². The first-order chi connectivity index (χ1) is 9.13. The summed E-state index contributed by atoms with van der Waals surface area (Å²) in [5, 5.41) is 5.89. The van der Waals surface area contributed by atoms with Crippen LogP contribution in [-0.2, 0) is 0 Å². The maximum atomic E-state index is 11.2. The fourth-order valence-electron chi connectivity index (χ4n) is 1.28. The fraction of sp³-hybridized carbons (Fsp3) is 0.308. The van der Waals surface area contributed by atoms with E-state index in [0.717, 1.165) is 4.47 Å². The molecule has 0 atom stereocenters. The van der Waals surface area contributed by atoms with E-state index in [1.54, 1.807) is 18.2 Å². The van der Waals surface area contributed by atoms with Gasteiger partial charge in [0.1, 0.15) is 5.75 Å². The molecule has 0 aliphatic carbocycles. The number of hydrogen-bond acceptors (Lipinski definition) is 2. The van der Waals surface area contributed by atoms with Gasteiger partial charge in [0.2, 0.25) is 0 Å². The van der Waals surface area contributed by atoms with Crippen LogP contribution in [0.3, 0.4) is 0 Å². The van der Waals surface area contributed by atoms with E-state index in [4.69, 9.17) is 16.3 Å². The van der Waals surface area contributed by atoms with Gasteiger partial charge in [0, 0.05) is 17.6 Å². The third-order valence-electron chi connectivity index (χ3n) is 2.17. The summed E-state index contributed by atoms with van der Waals surface area (Å²) in [5.41, 5.74) is 0. The van der Waals surface area contributed by atoms with Crippen molar-refractivity contribution in [2.45, 2.75) is 6.42 Å². The predicted octanol–water partition coefficient (Wildman–Crippen LogP) is 3.36. The van der Waals surface area contributed by atoms with Crippen molar-refractivity contribution in [1.82, 2.24) is 10.6 Å². The monoisotopic (exact) mass is 346 g/mol. The highest BCUT2D eigenvalue weighted by molar-refractivity contribution is 9.10. The zero-order valence-electron chi connectivity index (χ0n) is 10.4. The summed E-state index contributed by atoms with van der Waals surface area (Å²) >= 11 is 9.33. The number of amides is 2. The largest absolute Gasteiger partial charge is 0.492 e. The second-order valence-electron chi connectivity index (χ2n) is 3.70. The first kappa shape index (κ1) is 15.9. The lowest BCUT2D eigenvalue weighted by atomic mass is 10.3. The molecule has 0 radical (unpaired) electrons. The fourth-order valence-corrected chi connectivity index (χ4v) is 2.00. The Morgan fingerprint density at radius 1 is 1.47 bits per heavy atom. The van der Waals surface area contributed by atoms with Gasteiger partial charge in [-0.1, -0.05) is 33.6 Å². The van der Waals surface area contributed by atoms with Crippen LogP contribution in [0, 0.1) is 0 Å². The van der Waals surface area contributed by atoms with Crippen molar-refractivity contribution >= 4 is 33.6 Å². The summed E-state index contributed by atoms with van der Waals surface area (Å²) in [6, 6.07) is 5.23. The Morgan fingerprint density at radius 3 is 2.95 bits per heavy atom. The van der Waals surface area contributed by atoms with E-state index in [0.29, 0.717) is 36.9 Å². The molecule has 104 valence electrons. The van der Waals surface area contributed by atoms with E-state index < -0.39 is 0 Å². The Kier molecular flexibility index (Phi) is 7.36. The van der Waals surface area contributed by atoms with Gasteiger partial charge in [-0.2, -0.15) is 0 Å². The number of hydrogen-bond donors (Lipinski definition) is 2. The molecule has 6 heteroatoms. The van der Waals surface area contributed by atoms with Crippen LogP contribution in [0.4, 0.5) is 4.79 Å². The number of ether oxygens (including phenoxy) is 1. The van der Waals surface area contributed by atoms with Gasteiger partial charge in [-0.25, -0.2) is 4.79 Å². The standard InChI is InChI=1S/C13H16BrClN2O2/c1-2-6-16-13(18)17-7-3-8-19-12-5-4-10(14)9-11(12)15/h2,4-5,9H,1,3,6-8H2,(H2,16,17,18). The van der Waals surface area contributed by atoms with Gasteiger partial charge >= 0.3 is 6.03 Å². The molecule has 2 N–H and O–H groups in total. The van der Waals surface area contributed by atoms with Crippen molar-refractivity contribution in [3.63, 3.8) is 0 Å². The van der Waals surface area contributed by atoms with Crippen molar-refractivity contribution in [3.8, 4) is 5.75 Å². The van der Waals surface area contributed by atoms with Crippen LogP contribution in [0.1, 0.15) is 6.42 Å². The molecule has 19 heavy (non-hydrogen) atoms. The number of halogens is 2. The van der Waals surface area contributed by atoms with E-state index in [-0.39, 0.29) is 6.03 Å². The number of rotatable bonds is 7. The van der Waals surface area contributed by atoms with Crippen LogP contribution in [0.2, 0.25) is 5.02 Å². The van der Waals surface area contributed by atoms with E-state index in [1.165, 1.54) is 0 Å². The van der Waals surface area contributed by atoms with Gasteiger partial charge in [-0.05, 0) is 24.6 Å². The number of carbonyl (C=O) groups excluding carboxylic acids is 1. The van der Waals surface area contributed by atoms with Crippen LogP contribution in [0.5, 0.6) is 5.75 Å². The SMILES string of the molecule is C=CCNC(=O)NCCCOc1ccc(Br)cc1Cl. The first-order valence-corrected chi connectivity index (χ1v) is 7.01. The lowest BCUT2D eigenvalue weighted by Gasteiger charge is -2.09. The average Bonchev–Trinajstić information content (AvgIpc) is 2.38. The topological polar surface area (TPSA) is 50.4 Å². The number of benzene rings is 1. The van der Waals surface area contributed by atoms with Crippen LogP contribution in [-0.4, -0.2) is 25.7 Å². The van der Waals surface area contributed by atoms with Gasteiger partial charge in [-0.15, -0.1) is 6.58 Å². The van der Waals surface area contributed by atoms with Crippen molar-refractivity contribution < 1.29 is 9.53 Å². The van der Waals surface area contributed by atoms with Crippen molar-refractivity contribution in [3.05, 3.63) is 40.3 Å². The average molecular weight is 348 g/mol. The highest BCUT2D eigenvalue weighted by Gasteiger charge is 2.02. The van der Waals surface area contributed by atoms with Crippen LogP contribution >= 0.6 is 27.5 Å². The molecule has 1 rings (SSSR count). The minimum atomic E-state index is -0.207. The Balaban J connectivity index is 2.17. The molecule has 0 fully saturated rings. The minimum absolute atomic E-state index is 0.207. The summed E-state index contributed by atoms with van der Waals surface area (Å²) in [5.74, 6) is 0.640. The normalized spacial score (nSPS) is 9.79. The third kappa shape index (κ3) is 6.50. The summed E-state index contributed by atoms with van der Waals surface area (Å²) in [7, 11) is 0. The number of nitrogens with one attached hydrogen (secondary N) is 2. The quantitative estimate of drug-likeness (QED) is 0.587. The first-order valence-electron chi connectivity index (χ1n) is 5.84. The van der Waals surface area contributed by atoms with Crippen LogP contribution < -0.4 is 15.4 Å². The van der Waals surface area contributed by atoms with Gasteiger partial charge in [0.25, 0.3) is 0 Å². The summed E-state index contributed by atoms with van der Waals surface area (Å²) < 4.78 is 6.42. The smallest absolute Gasteiger partial charge is 0.315 e. The number of urea groups is 1. The Morgan fingerprint density at radius 2 is 2.26 bits per heavy atom. The molecule has 1 aromatic carbocycles. The van der Waals surface area contributed by atoms with E-state index >= 15 is 0 Å². The maximum Gasteiger partial charge on any atom is 0.315 e. The zero-order valence-corrected chi connectivity index (χ0v) is 12.8. The van der Waals surface area contributed by atoms with Gasteiger partial charge in [-0.3, -0.25) is 0 Å². The molecular weight excluding hydrogens is 332 g/mol. The lowest BCUT2D eigenvalue weighted by Crippen LogP contribution is -2.36. The summed E-state index contributed by atoms with van der Waals surface area (Å²) in [6.07, 6.45) is 2.33. The van der Waals surface area contributed by atoms with Crippen molar-refractivity contribution in [1.29, 1.82) is 0 Å². The second-order valence-corrected chi connectivity index (χ2v) is 5.03. The highest BCUT2D eigenvalue weighted by atomic mass is 79.9. The summed E-state index contributed by atoms with van der Waals surface area (Å²) in [6.45, 7) is 5.00. The third-order valence-corrected chi connectivity index (χ3v) is 2.95. The molecule has 1 aromatic rings. The van der Waals surface area contributed by atoms with Crippen molar-refractivity contribution in [2.75, 3.05) is 19.7 Å².